The number of ether oxygens (including phenoxy) is 1. The molecule has 1 unspecified atom stereocenters. The van der Waals surface area contributed by atoms with E-state index in [1.165, 1.54) is 13.0 Å². The fourth-order valence-electron chi connectivity index (χ4n) is 1.40. The van der Waals surface area contributed by atoms with Crippen molar-refractivity contribution in [2.24, 2.45) is 0 Å². The Morgan fingerprint density at radius 3 is 2.52 bits per heavy atom. The lowest BCUT2D eigenvalue weighted by Gasteiger charge is -2.15. The van der Waals surface area contributed by atoms with E-state index in [-0.39, 0.29) is 12.1 Å². The van der Waals surface area contributed by atoms with Gasteiger partial charge in [0.25, 0.3) is 5.91 Å². The predicted octanol–water partition coefficient (Wildman–Crippen LogP) is 3.64. The molecule has 0 aromatic heterocycles. The minimum Gasteiger partial charge on any atom is -0.453 e. The second-order valence-corrected chi connectivity index (χ2v) is 4.57. The average Bonchev–Trinajstić information content (AvgIpc) is 2.39. The van der Waals surface area contributed by atoms with Crippen LogP contribution < -0.4 is 5.32 Å². The molecule has 1 rings (SSSR count). The van der Waals surface area contributed by atoms with Crippen molar-refractivity contribution in [3.8, 4) is 0 Å². The monoisotopic (exact) mass is 323 g/mol. The Balaban J connectivity index is 2.84. The lowest BCUT2D eigenvalue weighted by atomic mass is 10.2. The zero-order chi connectivity index (χ0) is 16.2. The third-order valence-electron chi connectivity index (χ3n) is 2.51. The van der Waals surface area contributed by atoms with E-state index in [2.05, 4.69) is 5.32 Å². The van der Waals surface area contributed by atoms with Gasteiger partial charge in [-0.05, 0) is 25.1 Å². The molecule has 1 atom stereocenters. The number of benzene rings is 1. The first-order chi connectivity index (χ1) is 9.65. The van der Waals surface area contributed by atoms with E-state index in [1.807, 2.05) is 0 Å². The Morgan fingerprint density at radius 2 is 2.00 bits per heavy atom. The van der Waals surface area contributed by atoms with Crippen molar-refractivity contribution in [2.45, 2.75) is 32.5 Å². The summed E-state index contributed by atoms with van der Waals surface area (Å²) in [6, 6.07) is 2.97. The lowest BCUT2D eigenvalue weighted by molar-refractivity contribution is -0.152. The van der Waals surface area contributed by atoms with Crippen LogP contribution in [0.2, 0.25) is 5.02 Å². The number of nitrogens with one attached hydrogen (secondary N) is 1. The molecule has 0 saturated carbocycles. The molecule has 0 saturated heterocycles. The topological polar surface area (TPSA) is 55.4 Å². The zero-order valence-corrected chi connectivity index (χ0v) is 12.0. The molecule has 1 N–H and O–H groups in total. The maximum absolute atomic E-state index is 12.7. The Bertz CT molecular complexity index is 546. The van der Waals surface area contributed by atoms with Crippen LogP contribution in [-0.4, -0.2) is 18.0 Å². The molecular formula is C13H13ClF3NO3. The largest absolute Gasteiger partial charge is 0.453 e. The van der Waals surface area contributed by atoms with Gasteiger partial charge in [0.15, 0.2) is 6.10 Å². The SMILES string of the molecule is CCC(=O)OC(C)C(=O)Nc1ccc(Cl)c(C(F)(F)F)c1. The summed E-state index contributed by atoms with van der Waals surface area (Å²) in [7, 11) is 0. The summed E-state index contributed by atoms with van der Waals surface area (Å²) >= 11 is 5.47. The maximum Gasteiger partial charge on any atom is 0.417 e. The first-order valence-electron chi connectivity index (χ1n) is 6.02. The lowest BCUT2D eigenvalue weighted by Crippen LogP contribution is -2.29. The molecule has 116 valence electrons. The van der Waals surface area contributed by atoms with Crippen molar-refractivity contribution in [1.82, 2.24) is 0 Å². The zero-order valence-electron chi connectivity index (χ0n) is 11.3. The van der Waals surface area contributed by atoms with Gasteiger partial charge in [0.05, 0.1) is 10.6 Å². The molecule has 0 aliphatic heterocycles. The van der Waals surface area contributed by atoms with E-state index in [0.717, 1.165) is 6.07 Å². The number of carbonyl (C=O) groups excluding carboxylic acids is 2. The van der Waals surface area contributed by atoms with Gasteiger partial charge in [-0.3, -0.25) is 9.59 Å². The molecule has 4 nitrogen and oxygen atoms in total. The highest BCUT2D eigenvalue weighted by Gasteiger charge is 2.33. The minimum absolute atomic E-state index is 0.0869. The molecule has 0 aliphatic carbocycles. The molecular weight excluding hydrogens is 311 g/mol. The highest BCUT2D eigenvalue weighted by molar-refractivity contribution is 6.31. The first-order valence-corrected chi connectivity index (χ1v) is 6.40. The van der Waals surface area contributed by atoms with Crippen LogP contribution in [0.1, 0.15) is 25.8 Å². The summed E-state index contributed by atoms with van der Waals surface area (Å²) in [5.74, 6) is -1.31. The van der Waals surface area contributed by atoms with E-state index in [0.29, 0.717) is 6.07 Å². The van der Waals surface area contributed by atoms with Crippen LogP contribution in [0.3, 0.4) is 0 Å². The summed E-state index contributed by atoms with van der Waals surface area (Å²) < 4.78 is 42.8. The molecule has 0 bridgehead atoms. The van der Waals surface area contributed by atoms with Crippen molar-refractivity contribution in [1.29, 1.82) is 0 Å². The van der Waals surface area contributed by atoms with E-state index in [1.54, 1.807) is 6.92 Å². The molecule has 0 fully saturated rings. The molecule has 1 aromatic carbocycles. The highest BCUT2D eigenvalue weighted by atomic mass is 35.5. The van der Waals surface area contributed by atoms with Gasteiger partial charge >= 0.3 is 12.1 Å². The van der Waals surface area contributed by atoms with Crippen LogP contribution in [0.25, 0.3) is 0 Å². The molecule has 8 heteroatoms. The standard InChI is InChI=1S/C13H13ClF3NO3/c1-3-11(19)21-7(2)12(20)18-8-4-5-10(14)9(6-8)13(15,16)17/h4-7H,3H2,1-2H3,(H,18,20). The quantitative estimate of drug-likeness (QED) is 0.861. The van der Waals surface area contributed by atoms with Crippen LogP contribution in [-0.2, 0) is 20.5 Å². The van der Waals surface area contributed by atoms with Gasteiger partial charge in [-0.1, -0.05) is 18.5 Å². The van der Waals surface area contributed by atoms with Crippen molar-refractivity contribution in [3.63, 3.8) is 0 Å². The van der Waals surface area contributed by atoms with Gasteiger partial charge in [-0.15, -0.1) is 0 Å². The smallest absolute Gasteiger partial charge is 0.417 e. The Labute approximate surface area is 124 Å². The normalized spacial score (nSPS) is 12.7. The van der Waals surface area contributed by atoms with E-state index in [4.69, 9.17) is 16.3 Å². The predicted molar refractivity (Wildman–Crippen MR) is 70.9 cm³/mol. The van der Waals surface area contributed by atoms with Crippen LogP contribution in [0.5, 0.6) is 0 Å². The number of carbonyl (C=O) groups is 2. The second kappa shape index (κ2) is 6.80. The van der Waals surface area contributed by atoms with Crippen LogP contribution in [0, 0.1) is 0 Å². The number of halogens is 4. The molecule has 0 radical (unpaired) electrons. The van der Waals surface area contributed by atoms with Crippen molar-refractivity contribution >= 4 is 29.2 Å². The number of esters is 1. The molecule has 21 heavy (non-hydrogen) atoms. The summed E-state index contributed by atoms with van der Waals surface area (Å²) in [5, 5.41) is 1.77. The number of hydrogen-bond donors (Lipinski definition) is 1. The fraction of sp³-hybridized carbons (Fsp3) is 0.385. The summed E-state index contributed by atoms with van der Waals surface area (Å²) in [5.41, 5.74) is -1.14. The average molecular weight is 324 g/mol. The van der Waals surface area contributed by atoms with Crippen LogP contribution in [0.4, 0.5) is 18.9 Å². The summed E-state index contributed by atoms with van der Waals surface area (Å²) in [6.45, 7) is 2.88. The van der Waals surface area contributed by atoms with Gasteiger partial charge in [0, 0.05) is 12.1 Å². The molecule has 0 spiro atoms. The molecule has 0 heterocycles. The number of hydrogen-bond acceptors (Lipinski definition) is 3. The van der Waals surface area contributed by atoms with Gasteiger partial charge in [0.1, 0.15) is 0 Å². The van der Waals surface area contributed by atoms with Crippen LogP contribution in [0.15, 0.2) is 18.2 Å². The molecule has 0 aliphatic rings. The Morgan fingerprint density at radius 1 is 1.38 bits per heavy atom. The third-order valence-corrected chi connectivity index (χ3v) is 2.84. The fourth-order valence-corrected chi connectivity index (χ4v) is 1.62. The highest BCUT2D eigenvalue weighted by Crippen LogP contribution is 2.36. The third kappa shape index (κ3) is 4.93. The van der Waals surface area contributed by atoms with Gasteiger partial charge in [-0.2, -0.15) is 13.2 Å². The molecule has 1 aromatic rings. The summed E-state index contributed by atoms with van der Waals surface area (Å²) in [6.07, 6.45) is -5.64. The van der Waals surface area contributed by atoms with Crippen molar-refractivity contribution in [3.05, 3.63) is 28.8 Å². The van der Waals surface area contributed by atoms with Gasteiger partial charge in [0.2, 0.25) is 0 Å². The Kier molecular flexibility index (Phi) is 5.60. The van der Waals surface area contributed by atoms with Crippen molar-refractivity contribution in [2.75, 3.05) is 5.32 Å². The number of rotatable bonds is 4. The number of amides is 1. The Hall–Kier alpha value is -1.76. The maximum atomic E-state index is 12.7. The van der Waals surface area contributed by atoms with Gasteiger partial charge in [-0.25, -0.2) is 0 Å². The minimum atomic E-state index is -4.63. The first kappa shape index (κ1) is 17.3. The number of alkyl halides is 3. The van der Waals surface area contributed by atoms with E-state index >= 15 is 0 Å². The van der Waals surface area contributed by atoms with E-state index in [9.17, 15) is 22.8 Å². The second-order valence-electron chi connectivity index (χ2n) is 4.17. The van der Waals surface area contributed by atoms with E-state index < -0.39 is 34.7 Å². The van der Waals surface area contributed by atoms with Gasteiger partial charge < -0.3 is 10.1 Å². The molecule has 1 amide bonds. The number of anilines is 1. The van der Waals surface area contributed by atoms with Crippen molar-refractivity contribution < 1.29 is 27.5 Å². The van der Waals surface area contributed by atoms with Crippen LogP contribution >= 0.6 is 11.6 Å². The summed E-state index contributed by atoms with van der Waals surface area (Å²) in [4.78, 5) is 22.7.